The van der Waals surface area contributed by atoms with Crippen molar-refractivity contribution in [2.24, 2.45) is 7.05 Å². The molecule has 0 aliphatic heterocycles. The van der Waals surface area contributed by atoms with Crippen molar-refractivity contribution >= 4 is 33.2 Å². The van der Waals surface area contributed by atoms with E-state index in [0.717, 1.165) is 26.4 Å². The maximum Gasteiger partial charge on any atom is 0.218 e. The standard InChI is InChI=1S/C22H23N9OS/c1-12(2)31-8-6-14(29-31)18-13(3)17-19(26-15-10-16(32-5)25-11-24-15)27-20(28-22(17)33-18)21-23-7-9-30(21)4/h6-12H,1-5H3,(H,24,25,26,27,28). The van der Waals surface area contributed by atoms with Gasteiger partial charge in [0.25, 0.3) is 0 Å². The van der Waals surface area contributed by atoms with Gasteiger partial charge >= 0.3 is 0 Å². The van der Waals surface area contributed by atoms with E-state index in [9.17, 15) is 0 Å². The Morgan fingerprint density at radius 2 is 1.97 bits per heavy atom. The van der Waals surface area contributed by atoms with E-state index < -0.39 is 0 Å². The van der Waals surface area contributed by atoms with Gasteiger partial charge in [-0.3, -0.25) is 4.68 Å². The predicted molar refractivity (Wildman–Crippen MR) is 128 cm³/mol. The summed E-state index contributed by atoms with van der Waals surface area (Å²) < 4.78 is 9.09. The van der Waals surface area contributed by atoms with Crippen LogP contribution in [-0.2, 0) is 7.05 Å². The minimum atomic E-state index is 0.285. The third-order valence-electron chi connectivity index (χ3n) is 5.28. The van der Waals surface area contributed by atoms with Gasteiger partial charge in [-0.25, -0.2) is 24.9 Å². The Hall–Kier alpha value is -3.86. The molecule has 11 heteroatoms. The van der Waals surface area contributed by atoms with Crippen molar-refractivity contribution in [3.8, 4) is 28.1 Å². The van der Waals surface area contributed by atoms with E-state index in [-0.39, 0.29) is 6.04 Å². The average molecular weight is 462 g/mol. The van der Waals surface area contributed by atoms with Gasteiger partial charge in [0.2, 0.25) is 5.88 Å². The van der Waals surface area contributed by atoms with Gasteiger partial charge in [0.1, 0.15) is 28.5 Å². The van der Waals surface area contributed by atoms with E-state index in [4.69, 9.17) is 19.8 Å². The number of aryl methyl sites for hydroxylation is 2. The van der Waals surface area contributed by atoms with Crippen LogP contribution < -0.4 is 10.1 Å². The van der Waals surface area contributed by atoms with Crippen molar-refractivity contribution in [3.63, 3.8) is 0 Å². The molecule has 0 saturated carbocycles. The van der Waals surface area contributed by atoms with Crippen LogP contribution in [0.1, 0.15) is 25.5 Å². The summed E-state index contributed by atoms with van der Waals surface area (Å²) in [5, 5.41) is 9.02. The SMILES string of the molecule is COc1cc(Nc2nc(-c3nccn3C)nc3sc(-c4ccn(C(C)C)n4)c(C)c23)ncn1. The molecule has 0 saturated heterocycles. The maximum atomic E-state index is 5.24. The molecule has 5 rings (SSSR count). The zero-order valence-corrected chi connectivity index (χ0v) is 19.8. The van der Waals surface area contributed by atoms with Crippen LogP contribution in [0.15, 0.2) is 37.1 Å². The van der Waals surface area contributed by atoms with Gasteiger partial charge in [-0.2, -0.15) is 5.10 Å². The summed E-state index contributed by atoms with van der Waals surface area (Å²) in [5.74, 6) is 2.88. The number of imidazole rings is 1. The molecule has 10 nitrogen and oxygen atoms in total. The molecule has 0 amide bonds. The Bertz CT molecular complexity index is 1450. The fraction of sp³-hybridized carbons (Fsp3) is 0.273. The van der Waals surface area contributed by atoms with Crippen LogP contribution in [0.2, 0.25) is 0 Å². The van der Waals surface area contributed by atoms with Crippen LogP contribution >= 0.6 is 11.3 Å². The highest BCUT2D eigenvalue weighted by atomic mass is 32.1. The molecular weight excluding hydrogens is 438 g/mol. The predicted octanol–water partition coefficient (Wildman–Crippen LogP) is 4.39. The zero-order valence-electron chi connectivity index (χ0n) is 18.9. The first-order valence-corrected chi connectivity index (χ1v) is 11.2. The lowest BCUT2D eigenvalue weighted by Crippen LogP contribution is -2.03. The van der Waals surface area contributed by atoms with Crippen LogP contribution in [0.25, 0.3) is 32.4 Å². The highest BCUT2D eigenvalue weighted by molar-refractivity contribution is 7.22. The molecule has 33 heavy (non-hydrogen) atoms. The number of anilines is 2. The van der Waals surface area contributed by atoms with Gasteiger partial charge in [-0.15, -0.1) is 11.3 Å². The molecule has 5 heterocycles. The molecule has 5 aromatic heterocycles. The summed E-state index contributed by atoms with van der Waals surface area (Å²) in [5.41, 5.74) is 1.97. The summed E-state index contributed by atoms with van der Waals surface area (Å²) in [6, 6.07) is 4.04. The molecule has 5 aromatic rings. The number of rotatable bonds is 6. The number of aromatic nitrogens is 8. The molecular formula is C22H23N9OS. The molecule has 168 valence electrons. The Kier molecular flexibility index (Phi) is 5.25. The lowest BCUT2D eigenvalue weighted by Gasteiger charge is -2.10. The van der Waals surface area contributed by atoms with Crippen LogP contribution in [0.5, 0.6) is 5.88 Å². The van der Waals surface area contributed by atoms with Crippen molar-refractivity contribution < 1.29 is 4.74 Å². The maximum absolute atomic E-state index is 5.24. The van der Waals surface area contributed by atoms with Crippen LogP contribution in [0.3, 0.4) is 0 Å². The Labute approximate surface area is 194 Å². The fourth-order valence-corrected chi connectivity index (χ4v) is 4.69. The lowest BCUT2D eigenvalue weighted by molar-refractivity contribution is 0.397. The second kappa shape index (κ2) is 8.24. The molecule has 0 aliphatic carbocycles. The largest absolute Gasteiger partial charge is 0.481 e. The molecule has 1 N–H and O–H groups in total. The molecule has 0 spiro atoms. The van der Waals surface area contributed by atoms with Crippen LogP contribution in [0.4, 0.5) is 11.6 Å². The average Bonchev–Trinajstić information content (AvgIpc) is 3.52. The van der Waals surface area contributed by atoms with Crippen molar-refractivity contribution in [2.75, 3.05) is 12.4 Å². The molecule has 0 radical (unpaired) electrons. The van der Waals surface area contributed by atoms with Gasteiger partial charge < -0.3 is 14.6 Å². The fourth-order valence-electron chi connectivity index (χ4n) is 3.54. The zero-order chi connectivity index (χ0) is 23.1. The number of hydrogen-bond donors (Lipinski definition) is 1. The highest BCUT2D eigenvalue weighted by Crippen LogP contribution is 2.41. The third-order valence-corrected chi connectivity index (χ3v) is 6.49. The number of ether oxygens (including phenoxy) is 1. The smallest absolute Gasteiger partial charge is 0.218 e. The van der Waals surface area contributed by atoms with E-state index in [1.54, 1.807) is 30.7 Å². The quantitative estimate of drug-likeness (QED) is 0.397. The van der Waals surface area contributed by atoms with Gasteiger partial charge in [0, 0.05) is 37.7 Å². The molecule has 0 aliphatic rings. The topological polar surface area (TPSA) is 108 Å². The molecule has 0 fully saturated rings. The Morgan fingerprint density at radius 3 is 2.67 bits per heavy atom. The second-order valence-electron chi connectivity index (χ2n) is 7.84. The molecule has 0 unspecified atom stereocenters. The third kappa shape index (κ3) is 3.80. The van der Waals surface area contributed by atoms with E-state index >= 15 is 0 Å². The van der Waals surface area contributed by atoms with Gasteiger partial charge in [-0.1, -0.05) is 0 Å². The first-order chi connectivity index (χ1) is 15.9. The highest BCUT2D eigenvalue weighted by Gasteiger charge is 2.21. The van der Waals surface area contributed by atoms with Crippen molar-refractivity contribution in [1.29, 1.82) is 0 Å². The van der Waals surface area contributed by atoms with Gasteiger partial charge in [0.15, 0.2) is 11.6 Å². The first-order valence-electron chi connectivity index (χ1n) is 10.4. The van der Waals surface area contributed by atoms with Gasteiger partial charge in [-0.05, 0) is 32.4 Å². The van der Waals surface area contributed by atoms with E-state index in [2.05, 4.69) is 41.0 Å². The number of thiophene rings is 1. The van der Waals surface area contributed by atoms with Crippen molar-refractivity contribution in [2.45, 2.75) is 26.8 Å². The summed E-state index contributed by atoms with van der Waals surface area (Å²) in [4.78, 5) is 24.4. The lowest BCUT2D eigenvalue weighted by atomic mass is 10.1. The Balaban J connectivity index is 1.69. The molecule has 0 atom stereocenters. The monoisotopic (exact) mass is 461 g/mol. The van der Waals surface area contributed by atoms with Crippen molar-refractivity contribution in [1.82, 2.24) is 39.3 Å². The van der Waals surface area contributed by atoms with E-state index in [0.29, 0.717) is 29.2 Å². The summed E-state index contributed by atoms with van der Waals surface area (Å²) in [6.07, 6.45) is 7.05. The minimum absolute atomic E-state index is 0.285. The Morgan fingerprint density at radius 1 is 1.12 bits per heavy atom. The van der Waals surface area contributed by atoms with Gasteiger partial charge in [0.05, 0.1) is 17.4 Å². The first kappa shape index (κ1) is 21.0. The summed E-state index contributed by atoms with van der Waals surface area (Å²) >= 11 is 1.59. The van der Waals surface area contributed by atoms with Crippen molar-refractivity contribution in [3.05, 3.63) is 42.6 Å². The minimum Gasteiger partial charge on any atom is -0.481 e. The normalized spacial score (nSPS) is 11.5. The summed E-state index contributed by atoms with van der Waals surface area (Å²) in [7, 11) is 3.49. The number of fused-ring (bicyclic) bond motifs is 1. The molecule has 0 bridgehead atoms. The van der Waals surface area contributed by atoms with Crippen LogP contribution in [0, 0.1) is 6.92 Å². The van der Waals surface area contributed by atoms with E-state index in [1.165, 1.54) is 6.33 Å². The summed E-state index contributed by atoms with van der Waals surface area (Å²) in [6.45, 7) is 6.28. The second-order valence-corrected chi connectivity index (χ2v) is 8.84. The number of nitrogens with one attached hydrogen (secondary N) is 1. The number of methoxy groups -OCH3 is 1. The van der Waals surface area contributed by atoms with E-state index in [1.807, 2.05) is 34.8 Å². The number of hydrogen-bond acceptors (Lipinski definition) is 9. The molecule has 0 aromatic carbocycles. The number of nitrogens with zero attached hydrogens (tertiary/aromatic N) is 8. The van der Waals surface area contributed by atoms with Crippen LogP contribution in [-0.4, -0.2) is 46.4 Å².